The Bertz CT molecular complexity index is 1390. The highest BCUT2D eigenvalue weighted by molar-refractivity contribution is 5.95. The summed E-state index contributed by atoms with van der Waals surface area (Å²) in [5.74, 6) is 0.313. The number of fused-ring (bicyclic) bond motifs is 2. The lowest BCUT2D eigenvalue weighted by Crippen LogP contribution is -2.14. The van der Waals surface area contributed by atoms with Crippen molar-refractivity contribution in [3.8, 4) is 0 Å². The number of esters is 1. The number of benzene rings is 3. The molecule has 5 rings (SSSR count). The number of hydrogen-bond acceptors (Lipinski definition) is 5. The van der Waals surface area contributed by atoms with Crippen LogP contribution in [0.25, 0.3) is 21.8 Å². The van der Waals surface area contributed by atoms with Gasteiger partial charge in [-0.2, -0.15) is 0 Å². The van der Waals surface area contributed by atoms with Crippen LogP contribution < -0.4 is 5.73 Å². The third-order valence-corrected chi connectivity index (χ3v) is 5.21. The monoisotopic (exact) mass is 408 g/mol. The van der Waals surface area contributed by atoms with Gasteiger partial charge in [-0.3, -0.25) is 0 Å². The van der Waals surface area contributed by atoms with E-state index in [2.05, 4.69) is 9.97 Å². The Kier molecular flexibility index (Phi) is 4.80. The van der Waals surface area contributed by atoms with Crippen LogP contribution in [0.4, 0.5) is 5.82 Å². The van der Waals surface area contributed by atoms with Crippen LogP contribution in [-0.2, 0) is 17.9 Å². The Balaban J connectivity index is 1.44. The van der Waals surface area contributed by atoms with Crippen molar-refractivity contribution in [2.45, 2.75) is 13.2 Å². The maximum Gasteiger partial charge on any atom is 0.355 e. The van der Waals surface area contributed by atoms with Crippen molar-refractivity contribution in [2.24, 2.45) is 0 Å². The second kappa shape index (κ2) is 7.91. The number of rotatable bonds is 5. The van der Waals surface area contributed by atoms with Gasteiger partial charge in [-0.25, -0.2) is 14.8 Å². The largest absolute Gasteiger partial charge is 0.453 e. The summed E-state index contributed by atoms with van der Waals surface area (Å²) in [5.41, 5.74) is 9.32. The zero-order valence-electron chi connectivity index (χ0n) is 16.7. The molecular weight excluding hydrogens is 388 g/mol. The van der Waals surface area contributed by atoms with Gasteiger partial charge in [0, 0.05) is 22.8 Å². The van der Waals surface area contributed by atoms with E-state index in [0.29, 0.717) is 23.9 Å². The van der Waals surface area contributed by atoms with Crippen molar-refractivity contribution >= 4 is 33.6 Å². The van der Waals surface area contributed by atoms with Gasteiger partial charge in [-0.05, 0) is 29.8 Å². The lowest BCUT2D eigenvalue weighted by molar-refractivity contribution is 0.0451. The van der Waals surface area contributed by atoms with Crippen LogP contribution in [-0.4, -0.2) is 20.5 Å². The first-order chi connectivity index (χ1) is 15.2. The Hall–Kier alpha value is -4.19. The predicted octanol–water partition coefficient (Wildman–Crippen LogP) is 4.57. The molecule has 0 atom stereocenters. The van der Waals surface area contributed by atoms with Gasteiger partial charge in [-0.15, -0.1) is 0 Å². The van der Waals surface area contributed by atoms with E-state index in [-0.39, 0.29) is 6.61 Å². The zero-order valence-corrected chi connectivity index (χ0v) is 16.7. The molecule has 0 aliphatic carbocycles. The van der Waals surface area contributed by atoms with Crippen LogP contribution in [0.5, 0.6) is 0 Å². The van der Waals surface area contributed by atoms with Gasteiger partial charge in [0.05, 0.1) is 5.52 Å². The second-order valence-electron chi connectivity index (χ2n) is 7.28. The summed E-state index contributed by atoms with van der Waals surface area (Å²) >= 11 is 0. The number of nitrogens with zero attached hydrogens (tertiary/aromatic N) is 3. The predicted molar refractivity (Wildman–Crippen MR) is 121 cm³/mol. The van der Waals surface area contributed by atoms with E-state index < -0.39 is 5.97 Å². The summed E-state index contributed by atoms with van der Waals surface area (Å²) in [6, 6.07) is 27.3. The molecule has 0 unspecified atom stereocenters. The fourth-order valence-electron chi connectivity index (χ4n) is 3.74. The molecule has 3 aromatic carbocycles. The van der Waals surface area contributed by atoms with E-state index in [1.165, 1.54) is 0 Å². The smallest absolute Gasteiger partial charge is 0.355 e. The quantitative estimate of drug-likeness (QED) is 0.431. The molecule has 0 saturated carbocycles. The molecule has 0 radical (unpaired) electrons. The first-order valence-electron chi connectivity index (χ1n) is 9.99. The SMILES string of the molecule is Nc1nc(COC(=O)c2cc3ccccc3n2Cc2ccccc2)nc2ccccc12. The Morgan fingerprint density at radius 2 is 1.65 bits per heavy atom. The first kappa shape index (κ1) is 18.8. The standard InChI is InChI=1S/C25H20N4O2/c26-24-19-11-5-6-12-20(19)27-23(28-24)16-31-25(30)22-14-18-10-4-7-13-21(18)29(22)15-17-8-2-1-3-9-17/h1-14H,15-16H2,(H2,26,27,28). The van der Waals surface area contributed by atoms with Crippen LogP contribution >= 0.6 is 0 Å². The van der Waals surface area contributed by atoms with Crippen LogP contribution in [0.3, 0.4) is 0 Å². The lowest BCUT2D eigenvalue weighted by atomic mass is 10.2. The average molecular weight is 408 g/mol. The minimum Gasteiger partial charge on any atom is -0.453 e. The van der Waals surface area contributed by atoms with Crippen molar-refractivity contribution in [2.75, 3.05) is 5.73 Å². The van der Waals surface area contributed by atoms with E-state index >= 15 is 0 Å². The number of anilines is 1. The summed E-state index contributed by atoms with van der Waals surface area (Å²) in [6.45, 7) is 0.513. The molecule has 152 valence electrons. The molecular formula is C25H20N4O2. The first-order valence-corrected chi connectivity index (χ1v) is 9.99. The highest BCUT2D eigenvalue weighted by atomic mass is 16.5. The maximum atomic E-state index is 13.0. The molecule has 0 fully saturated rings. The summed E-state index contributed by atoms with van der Waals surface area (Å²) in [4.78, 5) is 21.8. The van der Waals surface area contributed by atoms with Crippen LogP contribution in [0.1, 0.15) is 21.9 Å². The summed E-state index contributed by atoms with van der Waals surface area (Å²) in [7, 11) is 0. The number of carbonyl (C=O) groups excluding carboxylic acids is 1. The molecule has 0 amide bonds. The van der Waals surface area contributed by atoms with Gasteiger partial charge in [-0.1, -0.05) is 60.7 Å². The molecule has 2 aromatic heterocycles. The van der Waals surface area contributed by atoms with Crippen molar-refractivity contribution in [1.29, 1.82) is 0 Å². The molecule has 31 heavy (non-hydrogen) atoms. The number of aromatic nitrogens is 3. The zero-order chi connectivity index (χ0) is 21.2. The third-order valence-electron chi connectivity index (χ3n) is 5.21. The van der Waals surface area contributed by atoms with E-state index in [0.717, 1.165) is 27.4 Å². The van der Waals surface area contributed by atoms with Gasteiger partial charge in [0.15, 0.2) is 12.4 Å². The molecule has 0 aliphatic heterocycles. The molecule has 0 spiro atoms. The summed E-state index contributed by atoms with van der Waals surface area (Å²) in [5, 5.41) is 1.76. The van der Waals surface area contributed by atoms with E-state index in [4.69, 9.17) is 10.5 Å². The van der Waals surface area contributed by atoms with Gasteiger partial charge in [0.1, 0.15) is 11.5 Å². The number of ether oxygens (including phenoxy) is 1. The topological polar surface area (TPSA) is 83.0 Å². The van der Waals surface area contributed by atoms with Crippen LogP contribution in [0.15, 0.2) is 84.9 Å². The Morgan fingerprint density at radius 1 is 0.903 bits per heavy atom. The van der Waals surface area contributed by atoms with E-state index in [1.54, 1.807) is 0 Å². The Morgan fingerprint density at radius 3 is 2.52 bits per heavy atom. The minimum absolute atomic E-state index is 0.0548. The normalized spacial score (nSPS) is 11.1. The van der Waals surface area contributed by atoms with Crippen molar-refractivity contribution in [3.05, 3.63) is 102 Å². The highest BCUT2D eigenvalue weighted by Crippen LogP contribution is 2.23. The number of nitrogen functional groups attached to an aromatic ring is 1. The molecule has 0 saturated heterocycles. The van der Waals surface area contributed by atoms with Crippen LogP contribution in [0.2, 0.25) is 0 Å². The van der Waals surface area contributed by atoms with Crippen molar-refractivity contribution < 1.29 is 9.53 Å². The maximum absolute atomic E-state index is 13.0. The second-order valence-corrected chi connectivity index (χ2v) is 7.28. The number of para-hydroxylation sites is 2. The molecule has 0 bridgehead atoms. The third kappa shape index (κ3) is 3.71. The summed E-state index contributed by atoms with van der Waals surface area (Å²) in [6.07, 6.45) is 0. The molecule has 6 heteroatoms. The van der Waals surface area contributed by atoms with E-state index in [1.807, 2.05) is 89.5 Å². The van der Waals surface area contributed by atoms with Gasteiger partial charge in [0.2, 0.25) is 0 Å². The molecule has 0 aliphatic rings. The van der Waals surface area contributed by atoms with E-state index in [9.17, 15) is 4.79 Å². The molecule has 2 N–H and O–H groups in total. The number of carbonyl (C=O) groups is 1. The number of hydrogen-bond donors (Lipinski definition) is 1. The van der Waals surface area contributed by atoms with Crippen LogP contribution in [0, 0.1) is 0 Å². The van der Waals surface area contributed by atoms with Gasteiger partial charge < -0.3 is 15.0 Å². The summed E-state index contributed by atoms with van der Waals surface area (Å²) < 4.78 is 7.56. The average Bonchev–Trinajstić information content (AvgIpc) is 3.17. The molecule has 5 aromatic rings. The van der Waals surface area contributed by atoms with Crippen molar-refractivity contribution in [1.82, 2.24) is 14.5 Å². The highest BCUT2D eigenvalue weighted by Gasteiger charge is 2.18. The Labute approximate surface area is 178 Å². The molecule has 6 nitrogen and oxygen atoms in total. The van der Waals surface area contributed by atoms with Gasteiger partial charge >= 0.3 is 5.97 Å². The van der Waals surface area contributed by atoms with Gasteiger partial charge in [0.25, 0.3) is 0 Å². The fraction of sp³-hybridized carbons (Fsp3) is 0.0800. The minimum atomic E-state index is -0.428. The fourth-order valence-corrected chi connectivity index (χ4v) is 3.74. The molecule has 2 heterocycles. The lowest BCUT2D eigenvalue weighted by Gasteiger charge is -2.11. The van der Waals surface area contributed by atoms with Crippen molar-refractivity contribution in [3.63, 3.8) is 0 Å². The number of nitrogens with two attached hydrogens (primary N) is 1.